The topological polar surface area (TPSA) is 61.2 Å². The first kappa shape index (κ1) is 15.9. The average Bonchev–Trinajstić information content (AvgIpc) is 3.27. The highest BCUT2D eigenvalue weighted by Crippen LogP contribution is 2.44. The fraction of sp³-hybridized carbons (Fsp3) is 0.533. The highest BCUT2D eigenvalue weighted by Gasteiger charge is 2.49. The van der Waals surface area contributed by atoms with Gasteiger partial charge in [0.2, 0.25) is 10.0 Å². The van der Waals surface area contributed by atoms with Crippen molar-refractivity contribution < 1.29 is 12.8 Å². The van der Waals surface area contributed by atoms with Gasteiger partial charge in [-0.15, -0.1) is 0 Å². The van der Waals surface area contributed by atoms with E-state index in [9.17, 15) is 18.1 Å². The molecule has 1 aliphatic rings. The molecule has 1 aromatic carbocycles. The summed E-state index contributed by atoms with van der Waals surface area (Å²) >= 11 is 0. The summed E-state index contributed by atoms with van der Waals surface area (Å²) in [5.41, 5.74) is -0.492. The molecule has 0 saturated heterocycles. The maximum absolute atomic E-state index is 13.7. The summed E-state index contributed by atoms with van der Waals surface area (Å²) in [5, 5.41) is 9.41. The quantitative estimate of drug-likeness (QED) is 0.859. The predicted octanol–water partition coefficient (Wildman–Crippen LogP) is 2.76. The number of aryl methyl sites for hydroxylation is 2. The van der Waals surface area contributed by atoms with Gasteiger partial charge >= 0.3 is 0 Å². The van der Waals surface area contributed by atoms with Crippen LogP contribution in [0.15, 0.2) is 17.0 Å². The molecule has 0 spiro atoms. The van der Waals surface area contributed by atoms with Gasteiger partial charge in [0.1, 0.15) is 11.4 Å². The Bertz CT molecular complexity index is 697. The van der Waals surface area contributed by atoms with Crippen molar-refractivity contribution in [2.45, 2.75) is 44.0 Å². The molecule has 6 heteroatoms. The molecule has 114 valence electrons. The molecule has 0 radical (unpaired) electrons. The molecule has 1 aliphatic carbocycles. The van der Waals surface area contributed by atoms with Gasteiger partial charge in [0.15, 0.2) is 0 Å². The Hall–Kier alpha value is -1.45. The van der Waals surface area contributed by atoms with Gasteiger partial charge in [-0.25, -0.2) is 12.8 Å². The molecule has 0 amide bonds. The normalized spacial score (nSPS) is 18.3. The molecular weight excluding hydrogens is 291 g/mol. The van der Waals surface area contributed by atoms with E-state index in [0.717, 1.165) is 17.1 Å². The van der Waals surface area contributed by atoms with Crippen LogP contribution in [-0.2, 0) is 10.0 Å². The fourth-order valence-electron chi connectivity index (χ4n) is 2.53. The van der Waals surface area contributed by atoms with Crippen LogP contribution in [0.2, 0.25) is 0 Å². The number of hydrogen-bond donors (Lipinski definition) is 0. The van der Waals surface area contributed by atoms with Crippen LogP contribution in [0.1, 0.15) is 30.9 Å². The van der Waals surface area contributed by atoms with Gasteiger partial charge in [-0.2, -0.15) is 9.57 Å². The molecule has 4 nitrogen and oxygen atoms in total. The van der Waals surface area contributed by atoms with E-state index in [1.54, 1.807) is 6.92 Å². The van der Waals surface area contributed by atoms with Crippen molar-refractivity contribution in [1.29, 1.82) is 5.26 Å². The highest BCUT2D eigenvalue weighted by molar-refractivity contribution is 7.89. The Kier molecular flexibility index (Phi) is 3.85. The number of nitrogens with zero attached hydrogens (tertiary/aromatic N) is 2. The van der Waals surface area contributed by atoms with Crippen LogP contribution in [0.4, 0.5) is 4.39 Å². The molecule has 2 rings (SSSR count). The van der Waals surface area contributed by atoms with E-state index in [1.807, 2.05) is 0 Å². The van der Waals surface area contributed by atoms with Crippen LogP contribution < -0.4 is 0 Å². The summed E-state index contributed by atoms with van der Waals surface area (Å²) in [5.74, 6) is -0.341. The zero-order valence-electron chi connectivity index (χ0n) is 12.6. The summed E-state index contributed by atoms with van der Waals surface area (Å²) in [4.78, 5) is 0.0310. The number of rotatable bonds is 4. The van der Waals surface area contributed by atoms with Crippen LogP contribution in [0.25, 0.3) is 0 Å². The zero-order chi connectivity index (χ0) is 16.0. The number of halogens is 1. The highest BCUT2D eigenvalue weighted by atomic mass is 32.2. The Morgan fingerprint density at radius 3 is 2.19 bits per heavy atom. The molecule has 0 heterocycles. The van der Waals surface area contributed by atoms with Gasteiger partial charge in [-0.1, -0.05) is 0 Å². The van der Waals surface area contributed by atoms with Crippen molar-refractivity contribution in [3.8, 4) is 6.07 Å². The van der Waals surface area contributed by atoms with Crippen LogP contribution in [0, 0.1) is 36.9 Å². The minimum Gasteiger partial charge on any atom is -0.207 e. The standard InChI is InChI=1S/C15H19FN2O2S/c1-10-7-13(8-11(2)14(10)16)21(19,20)18(4)15(3,9-17)12-5-6-12/h7-8,12H,5-6H2,1-4H3. The molecular formula is C15H19FN2O2S. The lowest BCUT2D eigenvalue weighted by molar-refractivity contribution is 0.276. The van der Waals surface area contributed by atoms with E-state index in [4.69, 9.17) is 0 Å². The van der Waals surface area contributed by atoms with Crippen molar-refractivity contribution in [3.63, 3.8) is 0 Å². The summed E-state index contributed by atoms with van der Waals surface area (Å²) in [6, 6.07) is 4.77. The van der Waals surface area contributed by atoms with Crippen molar-refractivity contribution in [1.82, 2.24) is 4.31 Å². The van der Waals surface area contributed by atoms with Crippen LogP contribution >= 0.6 is 0 Å². The van der Waals surface area contributed by atoms with E-state index in [1.165, 1.54) is 33.0 Å². The van der Waals surface area contributed by atoms with E-state index in [2.05, 4.69) is 6.07 Å². The minimum atomic E-state index is -3.83. The Morgan fingerprint density at radius 2 is 1.81 bits per heavy atom. The number of sulfonamides is 1. The summed E-state index contributed by atoms with van der Waals surface area (Å²) in [6.45, 7) is 4.71. The third-order valence-corrected chi connectivity index (χ3v) is 6.25. The number of hydrogen-bond acceptors (Lipinski definition) is 3. The Balaban J connectivity index is 2.50. The zero-order valence-corrected chi connectivity index (χ0v) is 13.5. The first-order chi connectivity index (χ1) is 9.64. The lowest BCUT2D eigenvalue weighted by atomic mass is 9.99. The van der Waals surface area contributed by atoms with E-state index in [-0.39, 0.29) is 21.9 Å². The summed E-state index contributed by atoms with van der Waals surface area (Å²) < 4.78 is 40.3. The van der Waals surface area contributed by atoms with Crippen molar-refractivity contribution in [2.24, 2.45) is 5.92 Å². The van der Waals surface area contributed by atoms with E-state index in [0.29, 0.717) is 0 Å². The maximum atomic E-state index is 13.7. The van der Waals surface area contributed by atoms with Gasteiger partial charge in [-0.3, -0.25) is 0 Å². The number of nitriles is 1. The summed E-state index contributed by atoms with van der Waals surface area (Å²) in [6.07, 6.45) is 1.71. The van der Waals surface area contributed by atoms with Crippen LogP contribution in [0.3, 0.4) is 0 Å². The third-order valence-electron chi connectivity index (χ3n) is 4.32. The molecule has 0 bridgehead atoms. The smallest absolute Gasteiger partial charge is 0.207 e. The van der Waals surface area contributed by atoms with Crippen molar-refractivity contribution >= 4 is 10.0 Å². The largest absolute Gasteiger partial charge is 0.244 e. The monoisotopic (exact) mass is 310 g/mol. The van der Waals surface area contributed by atoms with Gasteiger partial charge < -0.3 is 0 Å². The van der Waals surface area contributed by atoms with Gasteiger partial charge in [-0.05, 0) is 62.8 Å². The molecule has 1 saturated carbocycles. The van der Waals surface area contributed by atoms with Gasteiger partial charge in [0.25, 0.3) is 0 Å². The lowest BCUT2D eigenvalue weighted by Gasteiger charge is -2.32. The number of benzene rings is 1. The Labute approximate surface area is 125 Å². The lowest BCUT2D eigenvalue weighted by Crippen LogP contribution is -2.47. The fourth-order valence-corrected chi connectivity index (χ4v) is 4.18. The van der Waals surface area contributed by atoms with Gasteiger partial charge in [0.05, 0.1) is 11.0 Å². The molecule has 21 heavy (non-hydrogen) atoms. The Morgan fingerprint density at radius 1 is 1.33 bits per heavy atom. The first-order valence-electron chi connectivity index (χ1n) is 6.81. The molecule has 1 aromatic rings. The third kappa shape index (κ3) is 2.56. The van der Waals surface area contributed by atoms with Crippen molar-refractivity contribution in [2.75, 3.05) is 7.05 Å². The predicted molar refractivity (Wildman–Crippen MR) is 77.6 cm³/mol. The second kappa shape index (κ2) is 5.08. The molecule has 1 atom stereocenters. The summed E-state index contributed by atoms with van der Waals surface area (Å²) in [7, 11) is -2.41. The van der Waals surface area contributed by atoms with Crippen LogP contribution in [-0.4, -0.2) is 25.3 Å². The van der Waals surface area contributed by atoms with Gasteiger partial charge in [0, 0.05) is 7.05 Å². The van der Waals surface area contributed by atoms with Crippen LogP contribution in [0.5, 0.6) is 0 Å². The SMILES string of the molecule is Cc1cc(S(=O)(=O)N(C)C(C)(C#N)C2CC2)cc(C)c1F. The van der Waals surface area contributed by atoms with E-state index >= 15 is 0 Å². The second-order valence-electron chi connectivity index (χ2n) is 5.88. The maximum Gasteiger partial charge on any atom is 0.244 e. The van der Waals surface area contributed by atoms with Crippen molar-refractivity contribution in [3.05, 3.63) is 29.1 Å². The molecule has 1 unspecified atom stereocenters. The minimum absolute atomic E-state index is 0.0310. The average molecular weight is 310 g/mol. The van der Waals surface area contributed by atoms with E-state index < -0.39 is 21.4 Å². The molecule has 0 aromatic heterocycles. The molecule has 0 N–H and O–H groups in total. The molecule has 1 fully saturated rings. The molecule has 0 aliphatic heterocycles. The first-order valence-corrected chi connectivity index (χ1v) is 8.25. The second-order valence-corrected chi connectivity index (χ2v) is 7.85.